The van der Waals surface area contributed by atoms with Crippen LogP contribution in [0.2, 0.25) is 0 Å². The van der Waals surface area contributed by atoms with Gasteiger partial charge in [-0.15, -0.1) is 10.2 Å². The number of rotatable bonds is 1. The fourth-order valence-electron chi connectivity index (χ4n) is 1.76. The molecule has 0 fully saturated rings. The molecule has 5 heteroatoms. The number of nitrogens with zero attached hydrogens (tertiary/aromatic N) is 4. The second kappa shape index (κ2) is 4.24. The van der Waals surface area contributed by atoms with E-state index in [1.54, 1.807) is 12.1 Å². The van der Waals surface area contributed by atoms with Crippen molar-refractivity contribution in [2.45, 2.75) is 0 Å². The number of hydrogen-bond donors (Lipinski definition) is 0. The normalized spacial score (nSPS) is 10.4. The van der Waals surface area contributed by atoms with Crippen LogP contribution in [-0.2, 0) is 0 Å². The molecule has 86 valence electrons. The van der Waals surface area contributed by atoms with Crippen molar-refractivity contribution in [2.24, 2.45) is 0 Å². The van der Waals surface area contributed by atoms with Crippen molar-refractivity contribution in [1.29, 1.82) is 5.26 Å². The second-order valence-corrected chi connectivity index (χ2v) is 4.70. The first-order valence-electron chi connectivity index (χ1n) is 5.29. The van der Waals surface area contributed by atoms with Crippen LogP contribution in [0.5, 0.6) is 0 Å². The molecule has 0 radical (unpaired) electrons. The predicted molar refractivity (Wildman–Crippen MR) is 70.8 cm³/mol. The highest BCUT2D eigenvalue weighted by Crippen LogP contribution is 2.20. The average molecular weight is 299 g/mol. The molecule has 18 heavy (non-hydrogen) atoms. The summed E-state index contributed by atoms with van der Waals surface area (Å²) in [6.45, 7) is 0. The third-order valence-electron chi connectivity index (χ3n) is 2.64. The van der Waals surface area contributed by atoms with E-state index in [1.807, 2.05) is 34.9 Å². The lowest BCUT2D eigenvalue weighted by molar-refractivity contribution is 1.11. The van der Waals surface area contributed by atoms with Gasteiger partial charge in [-0.3, -0.25) is 4.40 Å². The lowest BCUT2D eigenvalue weighted by atomic mass is 10.1. The molecule has 0 aliphatic heterocycles. The van der Waals surface area contributed by atoms with Gasteiger partial charge in [0, 0.05) is 16.2 Å². The molecule has 2 aromatic heterocycles. The van der Waals surface area contributed by atoms with Crippen LogP contribution >= 0.6 is 15.9 Å². The largest absolute Gasteiger partial charge is 0.281 e. The summed E-state index contributed by atoms with van der Waals surface area (Å²) in [6, 6.07) is 13.2. The van der Waals surface area contributed by atoms with E-state index in [0.29, 0.717) is 5.56 Å². The Labute approximate surface area is 112 Å². The van der Waals surface area contributed by atoms with Crippen molar-refractivity contribution in [3.05, 3.63) is 52.6 Å². The Balaban J connectivity index is 2.19. The molecule has 2 heterocycles. The number of halogens is 1. The van der Waals surface area contributed by atoms with Gasteiger partial charge in [-0.25, -0.2) is 0 Å². The predicted octanol–water partition coefficient (Wildman–Crippen LogP) is 3.03. The number of aromatic nitrogens is 3. The number of hydrogen-bond acceptors (Lipinski definition) is 3. The maximum Gasteiger partial charge on any atom is 0.168 e. The number of fused-ring (bicyclic) bond motifs is 1. The van der Waals surface area contributed by atoms with Crippen LogP contribution in [0.25, 0.3) is 17.0 Å². The van der Waals surface area contributed by atoms with Gasteiger partial charge in [0.25, 0.3) is 0 Å². The maximum absolute atomic E-state index is 8.78. The van der Waals surface area contributed by atoms with Crippen LogP contribution in [0.4, 0.5) is 0 Å². The zero-order valence-corrected chi connectivity index (χ0v) is 10.8. The van der Waals surface area contributed by atoms with E-state index in [0.717, 1.165) is 21.5 Å². The van der Waals surface area contributed by atoms with Crippen LogP contribution < -0.4 is 0 Å². The lowest BCUT2D eigenvalue weighted by Crippen LogP contribution is -1.89. The molecule has 0 atom stereocenters. The van der Waals surface area contributed by atoms with Crippen molar-refractivity contribution in [3.8, 4) is 17.5 Å². The van der Waals surface area contributed by atoms with Gasteiger partial charge >= 0.3 is 0 Å². The Morgan fingerprint density at radius 2 is 1.83 bits per heavy atom. The minimum absolute atomic E-state index is 0.633. The van der Waals surface area contributed by atoms with E-state index >= 15 is 0 Å². The first-order valence-corrected chi connectivity index (χ1v) is 6.08. The topological polar surface area (TPSA) is 54.0 Å². The van der Waals surface area contributed by atoms with Gasteiger partial charge in [-0.1, -0.05) is 0 Å². The first kappa shape index (κ1) is 10.9. The molecule has 0 aliphatic carbocycles. The second-order valence-electron chi connectivity index (χ2n) is 3.79. The molecule has 0 amide bonds. The summed E-state index contributed by atoms with van der Waals surface area (Å²) in [6.07, 6.45) is 1.92. The van der Waals surface area contributed by atoms with Crippen LogP contribution in [-0.4, -0.2) is 14.6 Å². The summed E-state index contributed by atoms with van der Waals surface area (Å²) in [5.74, 6) is 0.760. The minimum atomic E-state index is 0.633. The van der Waals surface area contributed by atoms with Crippen molar-refractivity contribution in [2.75, 3.05) is 0 Å². The zero-order chi connectivity index (χ0) is 12.5. The van der Waals surface area contributed by atoms with E-state index in [-0.39, 0.29) is 0 Å². The van der Waals surface area contributed by atoms with Gasteiger partial charge in [-0.05, 0) is 52.3 Å². The van der Waals surface area contributed by atoms with Gasteiger partial charge < -0.3 is 0 Å². The van der Waals surface area contributed by atoms with E-state index in [2.05, 4.69) is 32.2 Å². The van der Waals surface area contributed by atoms with Gasteiger partial charge in [-0.2, -0.15) is 5.26 Å². The Kier molecular flexibility index (Phi) is 2.58. The highest BCUT2D eigenvalue weighted by atomic mass is 79.9. The van der Waals surface area contributed by atoms with Gasteiger partial charge in [0.1, 0.15) is 0 Å². The molecule has 3 rings (SSSR count). The van der Waals surface area contributed by atoms with E-state index in [1.165, 1.54) is 0 Å². The van der Waals surface area contributed by atoms with Crippen LogP contribution in [0, 0.1) is 11.3 Å². The Morgan fingerprint density at radius 1 is 1.06 bits per heavy atom. The summed E-state index contributed by atoms with van der Waals surface area (Å²) >= 11 is 3.43. The highest BCUT2D eigenvalue weighted by Gasteiger charge is 2.07. The third kappa shape index (κ3) is 1.77. The number of benzene rings is 1. The van der Waals surface area contributed by atoms with E-state index in [4.69, 9.17) is 5.26 Å². The van der Waals surface area contributed by atoms with Crippen LogP contribution in [0.1, 0.15) is 5.56 Å². The molecule has 0 bridgehead atoms. The summed E-state index contributed by atoms with van der Waals surface area (Å²) in [7, 11) is 0. The Hall–Kier alpha value is -2.19. The van der Waals surface area contributed by atoms with Crippen molar-refractivity contribution in [3.63, 3.8) is 0 Å². The van der Waals surface area contributed by atoms with Crippen molar-refractivity contribution >= 4 is 21.6 Å². The third-order valence-corrected chi connectivity index (χ3v) is 3.11. The van der Waals surface area contributed by atoms with E-state index in [9.17, 15) is 0 Å². The molecule has 0 aliphatic rings. The molecule has 0 spiro atoms. The maximum atomic E-state index is 8.78. The van der Waals surface area contributed by atoms with Gasteiger partial charge in [0.2, 0.25) is 0 Å². The molecule has 0 unspecified atom stereocenters. The highest BCUT2D eigenvalue weighted by molar-refractivity contribution is 9.10. The smallest absolute Gasteiger partial charge is 0.168 e. The fourth-order valence-corrected chi connectivity index (χ4v) is 2.09. The SMILES string of the molecule is N#Cc1ccc(-c2nnc3ccc(Br)cn23)cc1. The monoisotopic (exact) mass is 298 g/mol. The van der Waals surface area contributed by atoms with Crippen LogP contribution in [0.3, 0.4) is 0 Å². The summed E-state index contributed by atoms with van der Waals surface area (Å²) in [4.78, 5) is 0. The number of nitriles is 1. The Bertz CT molecular complexity index is 753. The van der Waals surface area contributed by atoms with Gasteiger partial charge in [0.15, 0.2) is 11.5 Å². The van der Waals surface area contributed by atoms with Gasteiger partial charge in [0.05, 0.1) is 11.6 Å². The molecule has 0 saturated carbocycles. The molecule has 0 N–H and O–H groups in total. The molecular weight excluding hydrogens is 292 g/mol. The van der Waals surface area contributed by atoms with E-state index < -0.39 is 0 Å². The molecule has 4 nitrogen and oxygen atoms in total. The summed E-state index contributed by atoms with van der Waals surface area (Å²) in [5.41, 5.74) is 2.35. The average Bonchev–Trinajstić information content (AvgIpc) is 2.82. The number of pyridine rings is 1. The summed E-state index contributed by atoms with van der Waals surface area (Å²) < 4.78 is 2.87. The fraction of sp³-hybridized carbons (Fsp3) is 0. The Morgan fingerprint density at radius 3 is 2.56 bits per heavy atom. The quantitative estimate of drug-likeness (QED) is 0.694. The first-order chi connectivity index (χ1) is 8.78. The molecule has 3 aromatic rings. The van der Waals surface area contributed by atoms with Crippen molar-refractivity contribution in [1.82, 2.24) is 14.6 Å². The van der Waals surface area contributed by atoms with Crippen LogP contribution in [0.15, 0.2) is 47.1 Å². The minimum Gasteiger partial charge on any atom is -0.281 e. The summed E-state index contributed by atoms with van der Waals surface area (Å²) in [5, 5.41) is 17.1. The standard InChI is InChI=1S/C13H7BrN4/c14-11-5-6-12-16-17-13(18(12)8-11)10-3-1-9(7-15)2-4-10/h1-6,8H. The molecule has 0 saturated heterocycles. The molecular formula is C13H7BrN4. The van der Waals surface area contributed by atoms with Crippen molar-refractivity contribution < 1.29 is 0 Å². The lowest BCUT2D eigenvalue weighted by Gasteiger charge is -2.00. The zero-order valence-electron chi connectivity index (χ0n) is 9.21. The molecule has 1 aromatic carbocycles.